The minimum Gasteiger partial charge on any atom is -0.467 e. The summed E-state index contributed by atoms with van der Waals surface area (Å²) in [6.45, 7) is 0. The van der Waals surface area contributed by atoms with Crippen molar-refractivity contribution in [1.29, 1.82) is 0 Å². The highest BCUT2D eigenvalue weighted by Crippen LogP contribution is 2.15. The van der Waals surface area contributed by atoms with Gasteiger partial charge in [0, 0.05) is 5.56 Å². The van der Waals surface area contributed by atoms with E-state index in [1.807, 2.05) is 0 Å². The van der Waals surface area contributed by atoms with Crippen LogP contribution in [-0.2, 0) is 19.1 Å². The lowest BCUT2D eigenvalue weighted by molar-refractivity contribution is -0.158. The van der Waals surface area contributed by atoms with Crippen molar-refractivity contribution in [2.45, 2.75) is 5.54 Å². The zero-order valence-corrected chi connectivity index (χ0v) is 10.0. The Labute approximate surface area is 104 Å². The largest absolute Gasteiger partial charge is 0.467 e. The number of rotatable bonds is 4. The van der Waals surface area contributed by atoms with Gasteiger partial charge in [0.05, 0.1) is 14.2 Å². The lowest BCUT2D eigenvalue weighted by Crippen LogP contribution is -2.62. The number of Topliss-reactive ketones (excluding diaryl/α,β-unsaturated/α-hetero) is 1. The van der Waals surface area contributed by atoms with Gasteiger partial charge in [-0.05, 0) is 0 Å². The summed E-state index contributed by atoms with van der Waals surface area (Å²) in [6, 6.07) is 7.74. The molecule has 1 aromatic rings. The van der Waals surface area contributed by atoms with Gasteiger partial charge in [-0.1, -0.05) is 30.3 Å². The summed E-state index contributed by atoms with van der Waals surface area (Å²) in [6.07, 6.45) is 0. The maximum absolute atomic E-state index is 12.1. The van der Waals surface area contributed by atoms with Crippen molar-refractivity contribution in [2.75, 3.05) is 14.2 Å². The van der Waals surface area contributed by atoms with Crippen molar-refractivity contribution in [3.8, 4) is 0 Å². The van der Waals surface area contributed by atoms with Crippen LogP contribution in [0.5, 0.6) is 0 Å². The van der Waals surface area contributed by atoms with Gasteiger partial charge >= 0.3 is 11.9 Å². The number of carbonyl (C=O) groups is 3. The van der Waals surface area contributed by atoms with E-state index in [1.165, 1.54) is 12.1 Å². The molecule has 6 heteroatoms. The maximum Gasteiger partial charge on any atom is 0.345 e. The Bertz CT molecular complexity index is 453. The molecule has 0 heterocycles. The van der Waals surface area contributed by atoms with E-state index < -0.39 is 23.3 Å². The molecule has 0 amide bonds. The molecule has 0 saturated carbocycles. The molecule has 0 aliphatic carbocycles. The molecule has 1 aromatic carbocycles. The van der Waals surface area contributed by atoms with Crippen LogP contribution in [0.3, 0.4) is 0 Å². The van der Waals surface area contributed by atoms with Gasteiger partial charge < -0.3 is 9.47 Å². The van der Waals surface area contributed by atoms with E-state index in [0.717, 1.165) is 14.2 Å². The van der Waals surface area contributed by atoms with Crippen LogP contribution in [-0.4, -0.2) is 37.5 Å². The minimum absolute atomic E-state index is 0.121. The number of esters is 2. The van der Waals surface area contributed by atoms with Gasteiger partial charge in [0.15, 0.2) is 0 Å². The van der Waals surface area contributed by atoms with Crippen LogP contribution in [0.15, 0.2) is 30.3 Å². The molecule has 0 saturated heterocycles. The Morgan fingerprint density at radius 1 is 1.00 bits per heavy atom. The Hall–Kier alpha value is -2.21. The summed E-state index contributed by atoms with van der Waals surface area (Å²) in [5, 5.41) is 0. The number of hydrogen-bond donors (Lipinski definition) is 1. The molecule has 0 aliphatic rings. The summed E-state index contributed by atoms with van der Waals surface area (Å²) >= 11 is 0. The van der Waals surface area contributed by atoms with Crippen LogP contribution < -0.4 is 5.73 Å². The van der Waals surface area contributed by atoms with E-state index >= 15 is 0 Å². The topological polar surface area (TPSA) is 95.7 Å². The van der Waals surface area contributed by atoms with Crippen LogP contribution in [0.1, 0.15) is 10.4 Å². The smallest absolute Gasteiger partial charge is 0.345 e. The van der Waals surface area contributed by atoms with Crippen LogP contribution in [0, 0.1) is 0 Å². The normalized spacial score (nSPS) is 10.6. The molecule has 0 bridgehead atoms. The molecular weight excluding hydrogens is 238 g/mol. The summed E-state index contributed by atoms with van der Waals surface area (Å²) in [5.41, 5.74) is 3.22. The molecule has 1 rings (SSSR count). The van der Waals surface area contributed by atoms with Crippen molar-refractivity contribution in [3.05, 3.63) is 35.9 Å². The van der Waals surface area contributed by atoms with Crippen molar-refractivity contribution >= 4 is 17.7 Å². The number of nitrogens with two attached hydrogens (primary N) is 1. The number of ketones is 1. The van der Waals surface area contributed by atoms with Gasteiger partial charge in [-0.3, -0.25) is 10.5 Å². The second kappa shape index (κ2) is 5.42. The maximum atomic E-state index is 12.1. The fraction of sp³-hybridized carbons (Fsp3) is 0.250. The van der Waals surface area contributed by atoms with Crippen LogP contribution >= 0.6 is 0 Å². The van der Waals surface area contributed by atoms with E-state index in [9.17, 15) is 14.4 Å². The molecular formula is C12H13NO5. The third-order valence-corrected chi connectivity index (χ3v) is 2.41. The lowest BCUT2D eigenvalue weighted by atomic mass is 9.90. The first kappa shape index (κ1) is 13.9. The first-order chi connectivity index (χ1) is 8.48. The van der Waals surface area contributed by atoms with Gasteiger partial charge in [0.1, 0.15) is 0 Å². The molecule has 0 spiro atoms. The Morgan fingerprint density at radius 3 is 1.83 bits per heavy atom. The summed E-state index contributed by atoms with van der Waals surface area (Å²) < 4.78 is 8.79. The third-order valence-electron chi connectivity index (χ3n) is 2.41. The summed E-state index contributed by atoms with van der Waals surface area (Å²) in [5.74, 6) is -3.20. The van der Waals surface area contributed by atoms with E-state index in [2.05, 4.69) is 9.47 Å². The van der Waals surface area contributed by atoms with E-state index in [4.69, 9.17) is 5.73 Å². The Balaban J connectivity index is 3.25. The standard InChI is InChI=1S/C12H13NO5/c1-17-10(15)12(13,11(16)18-2)9(14)8-6-4-3-5-7-8/h3-7H,13H2,1-2H3. The molecule has 0 atom stereocenters. The van der Waals surface area contributed by atoms with Crippen LogP contribution in [0.4, 0.5) is 0 Å². The van der Waals surface area contributed by atoms with E-state index in [-0.39, 0.29) is 5.56 Å². The Morgan fingerprint density at radius 2 is 1.44 bits per heavy atom. The molecule has 0 radical (unpaired) electrons. The predicted octanol–water partition coefficient (Wildman–Crippen LogP) is -0.0872. The van der Waals surface area contributed by atoms with Gasteiger partial charge in [-0.2, -0.15) is 0 Å². The second-order valence-electron chi connectivity index (χ2n) is 3.49. The fourth-order valence-electron chi connectivity index (χ4n) is 1.41. The average molecular weight is 251 g/mol. The second-order valence-corrected chi connectivity index (χ2v) is 3.49. The highest BCUT2D eigenvalue weighted by Gasteiger charge is 2.52. The summed E-state index contributed by atoms with van der Waals surface area (Å²) in [7, 11) is 2.07. The Kier molecular flexibility index (Phi) is 4.17. The first-order valence-electron chi connectivity index (χ1n) is 5.04. The average Bonchev–Trinajstić information content (AvgIpc) is 2.44. The fourth-order valence-corrected chi connectivity index (χ4v) is 1.41. The number of benzene rings is 1. The molecule has 18 heavy (non-hydrogen) atoms. The summed E-state index contributed by atoms with van der Waals surface area (Å²) in [4.78, 5) is 35.3. The highest BCUT2D eigenvalue weighted by molar-refractivity contribution is 6.30. The van der Waals surface area contributed by atoms with Crippen molar-refractivity contribution in [1.82, 2.24) is 0 Å². The quantitative estimate of drug-likeness (QED) is 0.456. The lowest BCUT2D eigenvalue weighted by Gasteiger charge is -2.21. The third kappa shape index (κ3) is 2.23. The highest BCUT2D eigenvalue weighted by atomic mass is 16.5. The van der Waals surface area contributed by atoms with Gasteiger partial charge in [-0.15, -0.1) is 0 Å². The number of carbonyl (C=O) groups excluding carboxylic acids is 3. The molecule has 6 nitrogen and oxygen atoms in total. The minimum atomic E-state index is -2.48. The van der Waals surface area contributed by atoms with Crippen molar-refractivity contribution < 1.29 is 23.9 Å². The molecule has 0 aromatic heterocycles. The van der Waals surface area contributed by atoms with Gasteiger partial charge in [-0.25, -0.2) is 9.59 Å². The molecule has 0 aliphatic heterocycles. The zero-order valence-electron chi connectivity index (χ0n) is 10.0. The van der Waals surface area contributed by atoms with Crippen LogP contribution in [0.2, 0.25) is 0 Å². The first-order valence-corrected chi connectivity index (χ1v) is 5.04. The van der Waals surface area contributed by atoms with Crippen LogP contribution in [0.25, 0.3) is 0 Å². The van der Waals surface area contributed by atoms with Crippen molar-refractivity contribution in [2.24, 2.45) is 5.73 Å². The van der Waals surface area contributed by atoms with Gasteiger partial charge in [0.25, 0.3) is 5.54 Å². The number of ether oxygens (including phenoxy) is 2. The molecule has 2 N–H and O–H groups in total. The molecule has 0 fully saturated rings. The van der Waals surface area contributed by atoms with Crippen molar-refractivity contribution in [3.63, 3.8) is 0 Å². The molecule has 0 unspecified atom stereocenters. The monoisotopic (exact) mass is 251 g/mol. The van der Waals surface area contributed by atoms with Gasteiger partial charge in [0.2, 0.25) is 5.78 Å². The predicted molar refractivity (Wildman–Crippen MR) is 61.7 cm³/mol. The van der Waals surface area contributed by atoms with E-state index in [1.54, 1.807) is 18.2 Å². The zero-order chi connectivity index (χ0) is 13.8. The number of hydrogen-bond acceptors (Lipinski definition) is 6. The van der Waals surface area contributed by atoms with E-state index in [0.29, 0.717) is 0 Å². The number of methoxy groups -OCH3 is 2. The molecule has 96 valence electrons. The SMILES string of the molecule is COC(=O)C(N)(C(=O)OC)C(=O)c1ccccc1.